The van der Waals surface area contributed by atoms with Crippen LogP contribution in [0.15, 0.2) is 24.3 Å². The van der Waals surface area contributed by atoms with Crippen LogP contribution in [0.3, 0.4) is 0 Å². The summed E-state index contributed by atoms with van der Waals surface area (Å²) in [5.74, 6) is -5.34. The average Bonchev–Trinajstić information content (AvgIpc) is 2.95. The Hall–Kier alpha value is -2.19. The molecule has 2 saturated carbocycles. The van der Waals surface area contributed by atoms with Crippen LogP contribution < -0.4 is 11.5 Å². The lowest BCUT2D eigenvalue weighted by Gasteiger charge is -2.31. The van der Waals surface area contributed by atoms with Crippen molar-refractivity contribution in [2.75, 3.05) is 5.73 Å². The number of alkyl halides is 1. The van der Waals surface area contributed by atoms with Crippen LogP contribution in [0.25, 0.3) is 0 Å². The van der Waals surface area contributed by atoms with Gasteiger partial charge in [-0.15, -0.1) is 0 Å². The fourth-order valence-corrected chi connectivity index (χ4v) is 3.69. The SMILES string of the molecule is Nc1cccc(COC2CC3C([C@]2(N)C(=O)O)[C@@]3(F)C(=O)O)c1. The van der Waals surface area contributed by atoms with Gasteiger partial charge in [-0.3, -0.25) is 4.79 Å². The van der Waals surface area contributed by atoms with Crippen molar-refractivity contribution in [1.82, 2.24) is 0 Å². The van der Waals surface area contributed by atoms with Crippen LogP contribution in [0.1, 0.15) is 12.0 Å². The minimum absolute atomic E-state index is 0.0431. The predicted octanol–water partition coefficient (Wildman–Crippen LogP) is 0.379. The zero-order valence-electron chi connectivity index (χ0n) is 12.1. The summed E-state index contributed by atoms with van der Waals surface area (Å²) < 4.78 is 19.9. The van der Waals surface area contributed by atoms with Gasteiger partial charge in [0.15, 0.2) is 0 Å². The number of nitrogens with two attached hydrogens (primary N) is 2. The Morgan fingerprint density at radius 3 is 2.61 bits per heavy atom. The molecule has 0 heterocycles. The van der Waals surface area contributed by atoms with Crippen LogP contribution in [0.2, 0.25) is 0 Å². The first-order valence-corrected chi connectivity index (χ1v) is 7.13. The summed E-state index contributed by atoms with van der Waals surface area (Å²) in [5, 5.41) is 18.4. The van der Waals surface area contributed by atoms with E-state index in [-0.39, 0.29) is 13.0 Å². The third kappa shape index (κ3) is 2.09. The van der Waals surface area contributed by atoms with Crippen LogP contribution in [-0.4, -0.2) is 39.5 Å². The molecule has 0 saturated heterocycles. The molecule has 124 valence electrons. The number of fused-ring (bicyclic) bond motifs is 1. The molecule has 6 N–H and O–H groups in total. The molecule has 2 fully saturated rings. The molecule has 0 radical (unpaired) electrons. The minimum Gasteiger partial charge on any atom is -0.480 e. The van der Waals surface area contributed by atoms with Gasteiger partial charge in [0.25, 0.3) is 0 Å². The quantitative estimate of drug-likeness (QED) is 0.575. The third-order valence-corrected chi connectivity index (χ3v) is 4.90. The van der Waals surface area contributed by atoms with Gasteiger partial charge < -0.3 is 26.4 Å². The summed E-state index contributed by atoms with van der Waals surface area (Å²) in [6.07, 6.45) is -1.00. The molecule has 1 aromatic rings. The van der Waals surface area contributed by atoms with Gasteiger partial charge in [-0.1, -0.05) is 12.1 Å². The standard InChI is InChI=1S/C15H17FN2O5/c16-14(12(19)20)9-5-10(15(18,11(9)14)13(21)22)23-6-7-2-1-3-8(17)4-7/h1-4,9-11H,5-6,17-18H2,(H,19,20)(H,21,22)/t9?,10?,11?,14-,15+/m1/s1. The molecule has 23 heavy (non-hydrogen) atoms. The Morgan fingerprint density at radius 1 is 1.35 bits per heavy atom. The minimum atomic E-state index is -2.58. The number of ether oxygens (including phenoxy) is 1. The lowest BCUT2D eigenvalue weighted by Crippen LogP contribution is -2.60. The number of benzene rings is 1. The number of aliphatic carboxylic acids is 2. The van der Waals surface area contributed by atoms with Crippen molar-refractivity contribution in [2.45, 2.75) is 30.3 Å². The highest BCUT2D eigenvalue weighted by atomic mass is 19.1. The van der Waals surface area contributed by atoms with Gasteiger partial charge in [-0.25, -0.2) is 9.18 Å². The number of carboxylic acids is 2. The molecule has 3 rings (SSSR count). The van der Waals surface area contributed by atoms with Crippen LogP contribution >= 0.6 is 0 Å². The molecule has 0 spiro atoms. The topological polar surface area (TPSA) is 136 Å². The Kier molecular flexibility index (Phi) is 3.35. The maximum absolute atomic E-state index is 14.4. The molecular weight excluding hydrogens is 307 g/mol. The fraction of sp³-hybridized carbons (Fsp3) is 0.467. The van der Waals surface area contributed by atoms with E-state index in [0.29, 0.717) is 5.69 Å². The Balaban J connectivity index is 1.77. The Morgan fingerprint density at radius 2 is 2.04 bits per heavy atom. The normalized spacial score (nSPS) is 38.1. The summed E-state index contributed by atoms with van der Waals surface area (Å²) in [6.45, 7) is 0.0632. The second kappa shape index (κ2) is 4.90. The maximum Gasteiger partial charge on any atom is 0.342 e. The average molecular weight is 324 g/mol. The van der Waals surface area contributed by atoms with Crippen molar-refractivity contribution in [3.8, 4) is 0 Å². The molecule has 0 aliphatic heterocycles. The van der Waals surface area contributed by atoms with Gasteiger partial charge in [0.05, 0.1) is 12.7 Å². The lowest BCUT2D eigenvalue weighted by molar-refractivity contribution is -0.156. The highest BCUT2D eigenvalue weighted by molar-refractivity contribution is 5.90. The second-order valence-electron chi connectivity index (χ2n) is 6.18. The van der Waals surface area contributed by atoms with Crippen molar-refractivity contribution < 1.29 is 28.9 Å². The molecule has 8 heteroatoms. The first-order chi connectivity index (χ1) is 10.7. The summed E-state index contributed by atoms with van der Waals surface area (Å²) in [6, 6.07) is 6.85. The smallest absolute Gasteiger partial charge is 0.342 e. The maximum atomic E-state index is 14.4. The van der Waals surface area contributed by atoms with Crippen molar-refractivity contribution in [1.29, 1.82) is 0 Å². The van der Waals surface area contributed by atoms with Crippen molar-refractivity contribution in [3.63, 3.8) is 0 Å². The first-order valence-electron chi connectivity index (χ1n) is 7.13. The number of hydrogen-bond donors (Lipinski definition) is 4. The van der Waals surface area contributed by atoms with E-state index in [4.69, 9.17) is 21.3 Å². The molecule has 1 aromatic carbocycles. The number of carboxylic acid groups (broad SMARTS) is 2. The van der Waals surface area contributed by atoms with Gasteiger partial charge in [-0.05, 0) is 24.1 Å². The molecule has 0 bridgehead atoms. The zero-order chi connectivity index (χ0) is 17.0. The number of carbonyl (C=O) groups is 2. The van der Waals surface area contributed by atoms with Crippen molar-refractivity contribution >= 4 is 17.6 Å². The largest absolute Gasteiger partial charge is 0.480 e. The molecule has 5 atom stereocenters. The number of halogens is 1. The van der Waals surface area contributed by atoms with E-state index >= 15 is 0 Å². The predicted molar refractivity (Wildman–Crippen MR) is 77.1 cm³/mol. The van der Waals surface area contributed by atoms with Gasteiger partial charge in [0.1, 0.15) is 5.54 Å². The van der Waals surface area contributed by atoms with Crippen LogP contribution in [0, 0.1) is 11.8 Å². The van der Waals surface area contributed by atoms with E-state index in [0.717, 1.165) is 5.56 Å². The summed E-state index contributed by atoms with van der Waals surface area (Å²) >= 11 is 0. The molecular formula is C15H17FN2O5. The second-order valence-corrected chi connectivity index (χ2v) is 6.18. The fourth-order valence-electron chi connectivity index (χ4n) is 3.69. The lowest BCUT2D eigenvalue weighted by atomic mass is 9.88. The summed E-state index contributed by atoms with van der Waals surface area (Å²) in [7, 11) is 0. The number of anilines is 1. The van der Waals surface area contributed by atoms with Crippen molar-refractivity contribution in [2.24, 2.45) is 17.6 Å². The van der Waals surface area contributed by atoms with Gasteiger partial charge in [0.2, 0.25) is 5.67 Å². The van der Waals surface area contributed by atoms with E-state index in [2.05, 4.69) is 0 Å². The first kappa shape index (κ1) is 15.7. The van der Waals surface area contributed by atoms with Crippen LogP contribution in [0.5, 0.6) is 0 Å². The highest BCUT2D eigenvalue weighted by Crippen LogP contribution is 2.67. The van der Waals surface area contributed by atoms with Gasteiger partial charge in [0, 0.05) is 17.5 Å². The Bertz CT molecular complexity index is 684. The van der Waals surface area contributed by atoms with Gasteiger partial charge in [-0.2, -0.15) is 0 Å². The number of rotatable bonds is 5. The third-order valence-electron chi connectivity index (χ3n) is 4.90. The molecule has 2 aliphatic carbocycles. The summed E-state index contributed by atoms with van der Waals surface area (Å²) in [5.41, 5.74) is 8.16. The van der Waals surface area contributed by atoms with Gasteiger partial charge >= 0.3 is 11.9 Å². The molecule has 3 unspecified atom stereocenters. The number of hydrogen-bond acceptors (Lipinski definition) is 5. The van der Waals surface area contributed by atoms with E-state index in [1.807, 2.05) is 0 Å². The van der Waals surface area contributed by atoms with E-state index in [1.165, 1.54) is 0 Å². The van der Waals surface area contributed by atoms with E-state index < -0.39 is 41.1 Å². The Labute approximate surface area is 131 Å². The highest BCUT2D eigenvalue weighted by Gasteiger charge is 2.85. The summed E-state index contributed by atoms with van der Waals surface area (Å²) in [4.78, 5) is 22.6. The van der Waals surface area contributed by atoms with Crippen molar-refractivity contribution in [3.05, 3.63) is 29.8 Å². The molecule has 0 aromatic heterocycles. The molecule has 7 nitrogen and oxygen atoms in total. The number of nitrogen functional groups attached to an aromatic ring is 1. The van der Waals surface area contributed by atoms with Crippen LogP contribution in [-0.2, 0) is 20.9 Å². The monoisotopic (exact) mass is 324 g/mol. The van der Waals surface area contributed by atoms with E-state index in [1.54, 1.807) is 24.3 Å². The zero-order valence-corrected chi connectivity index (χ0v) is 12.1. The molecule has 2 aliphatic rings. The van der Waals surface area contributed by atoms with E-state index in [9.17, 15) is 19.1 Å². The molecule has 0 amide bonds. The van der Waals surface area contributed by atoms with Crippen LogP contribution in [0.4, 0.5) is 10.1 Å².